The molecule has 0 saturated carbocycles. The molecule has 0 unspecified atom stereocenters. The first-order valence-electron chi connectivity index (χ1n) is 23.3. The van der Waals surface area contributed by atoms with Crippen molar-refractivity contribution in [1.29, 1.82) is 0 Å². The number of imidazole rings is 1. The van der Waals surface area contributed by atoms with Crippen LogP contribution in [-0.4, -0.2) is 14.5 Å². The molecule has 0 aliphatic heterocycles. The van der Waals surface area contributed by atoms with E-state index in [0.29, 0.717) is 0 Å². The minimum absolute atomic E-state index is 0. The maximum atomic E-state index is 6.97. The van der Waals surface area contributed by atoms with Gasteiger partial charge >= 0.3 is 0 Å². The molecule has 0 aliphatic rings. The number of fused-ring (bicyclic) bond motifs is 4. The Morgan fingerprint density at radius 1 is 0.597 bits per heavy atom. The molecule has 0 spiro atoms. The van der Waals surface area contributed by atoms with Crippen LogP contribution < -0.4 is 0 Å². The van der Waals surface area contributed by atoms with E-state index < -0.39 is 0 Å². The summed E-state index contributed by atoms with van der Waals surface area (Å²) in [5.41, 5.74) is 17.7. The molecule has 3 heterocycles. The quantitative estimate of drug-likeness (QED) is 0.149. The number of furan rings is 1. The monoisotopic (exact) mass is 1050 g/mol. The van der Waals surface area contributed by atoms with Crippen molar-refractivity contribution in [3.8, 4) is 50.6 Å². The van der Waals surface area contributed by atoms with Gasteiger partial charge in [-0.05, 0) is 104 Å². The third kappa shape index (κ3) is 9.46. The molecule has 3 aromatic heterocycles. The summed E-state index contributed by atoms with van der Waals surface area (Å²) in [5.74, 6) is 1.39. The van der Waals surface area contributed by atoms with Crippen LogP contribution in [0.5, 0.6) is 0 Å². The molecule has 0 atom stereocenters. The van der Waals surface area contributed by atoms with Gasteiger partial charge in [-0.25, -0.2) is 0 Å². The van der Waals surface area contributed by atoms with Gasteiger partial charge in [0.1, 0.15) is 5.58 Å². The zero-order valence-corrected chi connectivity index (χ0v) is 42.7. The second-order valence-electron chi connectivity index (χ2n) is 20.1. The van der Waals surface area contributed by atoms with Crippen LogP contribution in [0.1, 0.15) is 103 Å². The van der Waals surface area contributed by atoms with Crippen LogP contribution in [0.25, 0.3) is 83.6 Å². The molecule has 67 heavy (non-hydrogen) atoms. The molecule has 0 fully saturated rings. The fourth-order valence-corrected chi connectivity index (χ4v) is 9.02. The van der Waals surface area contributed by atoms with E-state index in [-0.39, 0.29) is 42.8 Å². The minimum atomic E-state index is -0.120. The molecule has 0 aliphatic carbocycles. The van der Waals surface area contributed by atoms with E-state index in [2.05, 4.69) is 224 Å². The van der Waals surface area contributed by atoms with E-state index >= 15 is 0 Å². The van der Waals surface area contributed by atoms with Gasteiger partial charge in [-0.3, -0.25) is 4.98 Å². The molecule has 0 amide bonds. The van der Waals surface area contributed by atoms with Crippen LogP contribution in [0.4, 0.5) is 0 Å². The third-order valence-electron chi connectivity index (χ3n) is 12.6. The number of aromatic nitrogens is 3. The van der Waals surface area contributed by atoms with Gasteiger partial charge in [0.15, 0.2) is 0 Å². The van der Waals surface area contributed by atoms with Gasteiger partial charge in [0.25, 0.3) is 0 Å². The molecule has 10 aromatic rings. The molecular formula is C62H59IrN3O-2. The first-order valence-corrected chi connectivity index (χ1v) is 23.3. The Balaban J connectivity index is 0.000000303. The first-order chi connectivity index (χ1) is 31.7. The van der Waals surface area contributed by atoms with Crippen molar-refractivity contribution in [2.24, 2.45) is 0 Å². The van der Waals surface area contributed by atoms with Crippen LogP contribution in [0.3, 0.4) is 0 Å². The topological polar surface area (TPSA) is 43.9 Å². The second kappa shape index (κ2) is 19.1. The van der Waals surface area contributed by atoms with Gasteiger partial charge < -0.3 is 14.0 Å². The van der Waals surface area contributed by atoms with E-state index in [1.54, 1.807) is 0 Å². The molecule has 7 aromatic carbocycles. The van der Waals surface area contributed by atoms with Crippen LogP contribution in [0, 0.1) is 12.1 Å². The Morgan fingerprint density at radius 2 is 1.22 bits per heavy atom. The van der Waals surface area contributed by atoms with Crippen LogP contribution in [-0.2, 0) is 30.9 Å². The Labute approximate surface area is 410 Å². The second-order valence-corrected chi connectivity index (χ2v) is 20.1. The molecule has 339 valence electrons. The van der Waals surface area contributed by atoms with E-state index in [9.17, 15) is 0 Å². The van der Waals surface area contributed by atoms with E-state index in [1.807, 2.05) is 30.5 Å². The normalized spacial score (nSPS) is 11.9. The summed E-state index contributed by atoms with van der Waals surface area (Å²) in [6.07, 6.45) is 1.87. The zero-order chi connectivity index (χ0) is 46.3. The molecule has 5 heteroatoms. The molecule has 4 nitrogen and oxygen atoms in total. The maximum Gasteiger partial charge on any atom is 0.121 e. The van der Waals surface area contributed by atoms with Crippen molar-refractivity contribution in [3.05, 3.63) is 198 Å². The fourth-order valence-electron chi connectivity index (χ4n) is 9.02. The van der Waals surface area contributed by atoms with Crippen molar-refractivity contribution in [1.82, 2.24) is 14.5 Å². The minimum Gasteiger partial charge on any atom is -0.501 e. The SMILES string of the molecule is CC(C)(C)c1ccnc(-c2[c-]cccc2)c1.CC(C)c1cc(-c2ccccc2)cc(C(C)C)c1-n1c(-c2[c-]cc(C(C)(C)C)c3c2oc2cc(-c4ccccc4)ccc23)nc2ccccc21.[Ir]. The predicted octanol–water partition coefficient (Wildman–Crippen LogP) is 17.1. The number of rotatable bonds is 7. The van der Waals surface area contributed by atoms with Crippen LogP contribution in [0.2, 0.25) is 0 Å². The summed E-state index contributed by atoms with van der Waals surface area (Å²) in [6.45, 7) is 22.6. The molecule has 0 N–H and O–H groups in total. The summed E-state index contributed by atoms with van der Waals surface area (Å²) in [6, 6.07) is 62.4. The average molecular weight is 1050 g/mol. The Hall–Kier alpha value is -6.39. The number of pyridine rings is 1. The van der Waals surface area contributed by atoms with Crippen molar-refractivity contribution < 1.29 is 24.5 Å². The van der Waals surface area contributed by atoms with Crippen LogP contribution >= 0.6 is 0 Å². The first kappa shape index (κ1) is 47.1. The van der Waals surface area contributed by atoms with Gasteiger partial charge in [0.2, 0.25) is 0 Å². The van der Waals surface area contributed by atoms with Crippen molar-refractivity contribution >= 4 is 33.0 Å². The summed E-state index contributed by atoms with van der Waals surface area (Å²) in [7, 11) is 0. The molecule has 1 radical (unpaired) electrons. The Morgan fingerprint density at radius 3 is 1.84 bits per heavy atom. The number of para-hydroxylation sites is 2. The molecule has 10 rings (SSSR count). The summed E-state index contributed by atoms with van der Waals surface area (Å²) in [4.78, 5) is 9.78. The van der Waals surface area contributed by atoms with Crippen molar-refractivity contribution in [2.45, 2.75) is 91.9 Å². The number of hydrogen-bond acceptors (Lipinski definition) is 3. The maximum absolute atomic E-state index is 6.97. The smallest absolute Gasteiger partial charge is 0.121 e. The molecule has 0 saturated heterocycles. The van der Waals surface area contributed by atoms with Crippen LogP contribution in [0.15, 0.2) is 168 Å². The summed E-state index contributed by atoms with van der Waals surface area (Å²) in [5, 5.41) is 2.24. The molecular weight excluding hydrogens is 995 g/mol. The predicted molar refractivity (Wildman–Crippen MR) is 278 cm³/mol. The van der Waals surface area contributed by atoms with Gasteiger partial charge in [-0.1, -0.05) is 171 Å². The standard InChI is InChI=1S/C47H43N2O.C15H16N.Ir/c1-29(2)37-26-34(32-18-12-9-13-19-32)27-38(30(3)4)44(37)49-41-21-15-14-20-40(41)48-46(49)36-24-25-39(47(5,6)7)43-35-23-22-33(28-42(35)50-45(36)43)31-16-10-8-11-17-31;1-15(2,3)13-9-10-16-14(11-13)12-7-5-4-6-8-12;/h8-23,25-30H,1-7H3;4-7,9-11H,1-3H3;/q2*-1;. The Bertz CT molecular complexity index is 3280. The fraction of sp³-hybridized carbons (Fsp3) is 0.226. The van der Waals surface area contributed by atoms with Gasteiger partial charge in [-0.15, -0.1) is 53.6 Å². The van der Waals surface area contributed by atoms with E-state index in [0.717, 1.165) is 61.2 Å². The summed E-state index contributed by atoms with van der Waals surface area (Å²) < 4.78 is 9.36. The van der Waals surface area contributed by atoms with Crippen molar-refractivity contribution in [3.63, 3.8) is 0 Å². The van der Waals surface area contributed by atoms with Gasteiger partial charge in [0.05, 0.1) is 22.4 Å². The van der Waals surface area contributed by atoms with E-state index in [4.69, 9.17) is 9.40 Å². The Kier molecular flexibility index (Phi) is 13.4. The third-order valence-corrected chi connectivity index (χ3v) is 12.6. The largest absolute Gasteiger partial charge is 0.501 e. The zero-order valence-electron chi connectivity index (χ0n) is 40.3. The van der Waals surface area contributed by atoms with Crippen molar-refractivity contribution in [2.75, 3.05) is 0 Å². The van der Waals surface area contributed by atoms with E-state index in [1.165, 1.54) is 44.6 Å². The van der Waals surface area contributed by atoms with Gasteiger partial charge in [0, 0.05) is 37.4 Å². The number of nitrogens with zero attached hydrogens (tertiary/aromatic N) is 3. The number of hydrogen-bond donors (Lipinski definition) is 0. The average Bonchev–Trinajstić information content (AvgIpc) is 3.90. The molecule has 0 bridgehead atoms. The number of benzene rings is 7. The van der Waals surface area contributed by atoms with Gasteiger partial charge in [-0.2, -0.15) is 0 Å². The summed E-state index contributed by atoms with van der Waals surface area (Å²) >= 11 is 0.